The number of nitrogens with one attached hydrogen (secondary N) is 1. The van der Waals surface area contributed by atoms with Crippen LogP contribution in [0.1, 0.15) is 46.0 Å². The first kappa shape index (κ1) is 13.3. The predicted molar refractivity (Wildman–Crippen MR) is 71.3 cm³/mol. The molecule has 0 aromatic carbocycles. The van der Waals surface area contributed by atoms with Crippen LogP contribution in [0.25, 0.3) is 0 Å². The van der Waals surface area contributed by atoms with E-state index in [1.165, 1.54) is 32.1 Å². The van der Waals surface area contributed by atoms with Crippen molar-refractivity contribution < 1.29 is 4.74 Å². The lowest BCUT2D eigenvalue weighted by molar-refractivity contribution is 0.0589. The van der Waals surface area contributed by atoms with Gasteiger partial charge in [-0.3, -0.25) is 4.90 Å². The molecule has 0 aromatic rings. The standard InChI is InChI=1S/C14H28N2O/c1-4-15-12-9-13-5-6-14(10-12)16(13)11(2)7-8-17-3/h11-15H,4-10H2,1-3H3. The number of ether oxygens (including phenoxy) is 1. The fraction of sp³-hybridized carbons (Fsp3) is 1.00. The summed E-state index contributed by atoms with van der Waals surface area (Å²) in [6.45, 7) is 6.60. The highest BCUT2D eigenvalue weighted by Crippen LogP contribution is 2.37. The third-order valence-corrected chi connectivity index (χ3v) is 4.53. The lowest BCUT2D eigenvalue weighted by Crippen LogP contribution is -2.52. The van der Waals surface area contributed by atoms with Gasteiger partial charge in [0, 0.05) is 37.9 Å². The molecule has 2 rings (SSSR count). The molecule has 0 spiro atoms. The second-order valence-electron chi connectivity index (χ2n) is 5.69. The Kier molecular flexibility index (Phi) is 4.83. The fourth-order valence-electron chi connectivity index (χ4n) is 3.83. The van der Waals surface area contributed by atoms with Gasteiger partial charge in [-0.15, -0.1) is 0 Å². The zero-order valence-electron chi connectivity index (χ0n) is 11.6. The van der Waals surface area contributed by atoms with E-state index in [2.05, 4.69) is 24.1 Å². The molecule has 0 saturated carbocycles. The molecular formula is C14H28N2O. The van der Waals surface area contributed by atoms with E-state index in [1.54, 1.807) is 7.11 Å². The third-order valence-electron chi connectivity index (χ3n) is 4.53. The molecule has 0 aromatic heterocycles. The van der Waals surface area contributed by atoms with Crippen LogP contribution in [0.5, 0.6) is 0 Å². The average Bonchev–Trinajstić information content (AvgIpc) is 2.59. The van der Waals surface area contributed by atoms with Crippen LogP contribution in [0.15, 0.2) is 0 Å². The lowest BCUT2D eigenvalue weighted by atomic mass is 9.95. The van der Waals surface area contributed by atoms with Crippen LogP contribution in [0.4, 0.5) is 0 Å². The minimum absolute atomic E-state index is 0.690. The van der Waals surface area contributed by atoms with E-state index >= 15 is 0 Å². The summed E-state index contributed by atoms with van der Waals surface area (Å²) in [6, 6.07) is 3.10. The fourth-order valence-corrected chi connectivity index (χ4v) is 3.83. The minimum atomic E-state index is 0.690. The van der Waals surface area contributed by atoms with Crippen LogP contribution in [-0.4, -0.2) is 49.3 Å². The molecular weight excluding hydrogens is 212 g/mol. The smallest absolute Gasteiger partial charge is 0.0477 e. The van der Waals surface area contributed by atoms with Crippen LogP contribution in [0, 0.1) is 0 Å². The number of methoxy groups -OCH3 is 1. The van der Waals surface area contributed by atoms with E-state index in [0.717, 1.165) is 31.3 Å². The molecule has 2 saturated heterocycles. The zero-order chi connectivity index (χ0) is 12.3. The Balaban J connectivity index is 1.89. The summed E-state index contributed by atoms with van der Waals surface area (Å²) in [5.41, 5.74) is 0. The van der Waals surface area contributed by atoms with Gasteiger partial charge in [-0.25, -0.2) is 0 Å². The van der Waals surface area contributed by atoms with Gasteiger partial charge in [-0.1, -0.05) is 6.92 Å². The SMILES string of the molecule is CCNC1CC2CCC(C1)N2C(C)CCOC. The summed E-state index contributed by atoms with van der Waals surface area (Å²) in [6.07, 6.45) is 6.69. The maximum atomic E-state index is 5.21. The maximum absolute atomic E-state index is 5.21. The monoisotopic (exact) mass is 240 g/mol. The van der Waals surface area contributed by atoms with Crippen LogP contribution in [-0.2, 0) is 4.74 Å². The average molecular weight is 240 g/mol. The largest absolute Gasteiger partial charge is 0.385 e. The summed E-state index contributed by atoms with van der Waals surface area (Å²) < 4.78 is 5.21. The van der Waals surface area contributed by atoms with Crippen molar-refractivity contribution in [1.29, 1.82) is 0 Å². The van der Waals surface area contributed by atoms with Crippen molar-refractivity contribution >= 4 is 0 Å². The van der Waals surface area contributed by atoms with Crippen LogP contribution >= 0.6 is 0 Å². The van der Waals surface area contributed by atoms with Crippen molar-refractivity contribution in [1.82, 2.24) is 10.2 Å². The third kappa shape index (κ3) is 3.01. The summed E-state index contributed by atoms with van der Waals surface area (Å²) in [5.74, 6) is 0. The molecule has 0 radical (unpaired) electrons. The molecule has 2 bridgehead atoms. The minimum Gasteiger partial charge on any atom is -0.385 e. The van der Waals surface area contributed by atoms with Crippen molar-refractivity contribution in [2.24, 2.45) is 0 Å². The number of rotatable bonds is 6. The van der Waals surface area contributed by atoms with Crippen LogP contribution in [0.2, 0.25) is 0 Å². The highest BCUT2D eigenvalue weighted by atomic mass is 16.5. The molecule has 3 heteroatoms. The molecule has 2 aliphatic rings. The number of hydrogen-bond acceptors (Lipinski definition) is 3. The van der Waals surface area contributed by atoms with E-state index < -0.39 is 0 Å². The normalized spacial score (nSPS) is 35.1. The maximum Gasteiger partial charge on any atom is 0.0477 e. The van der Waals surface area contributed by atoms with E-state index in [-0.39, 0.29) is 0 Å². The van der Waals surface area contributed by atoms with Crippen LogP contribution in [0.3, 0.4) is 0 Å². The van der Waals surface area contributed by atoms with E-state index in [0.29, 0.717) is 6.04 Å². The Morgan fingerprint density at radius 3 is 2.47 bits per heavy atom. The first-order valence-corrected chi connectivity index (χ1v) is 7.26. The van der Waals surface area contributed by atoms with Gasteiger partial charge in [-0.2, -0.15) is 0 Å². The summed E-state index contributed by atoms with van der Waals surface area (Å²) >= 11 is 0. The Hall–Kier alpha value is -0.120. The van der Waals surface area contributed by atoms with Gasteiger partial charge in [0.2, 0.25) is 0 Å². The first-order chi connectivity index (χ1) is 8.26. The van der Waals surface area contributed by atoms with Crippen molar-refractivity contribution in [2.75, 3.05) is 20.3 Å². The molecule has 17 heavy (non-hydrogen) atoms. The van der Waals surface area contributed by atoms with E-state index in [4.69, 9.17) is 4.74 Å². The topological polar surface area (TPSA) is 24.5 Å². The molecule has 2 fully saturated rings. The summed E-state index contributed by atoms with van der Waals surface area (Å²) in [7, 11) is 1.80. The Labute approximate surface area is 106 Å². The summed E-state index contributed by atoms with van der Waals surface area (Å²) in [5, 5.41) is 3.64. The van der Waals surface area contributed by atoms with E-state index in [1.807, 2.05) is 0 Å². The number of hydrogen-bond donors (Lipinski definition) is 1. The second kappa shape index (κ2) is 6.17. The van der Waals surface area contributed by atoms with Gasteiger partial charge in [0.05, 0.1) is 0 Å². The molecule has 2 aliphatic heterocycles. The molecule has 3 atom stereocenters. The molecule has 1 N–H and O–H groups in total. The molecule has 100 valence electrons. The number of piperidine rings is 1. The van der Waals surface area contributed by atoms with Crippen LogP contribution < -0.4 is 5.32 Å². The first-order valence-electron chi connectivity index (χ1n) is 7.26. The van der Waals surface area contributed by atoms with Gasteiger partial charge in [0.15, 0.2) is 0 Å². The van der Waals surface area contributed by atoms with Gasteiger partial charge in [0.1, 0.15) is 0 Å². The number of fused-ring (bicyclic) bond motifs is 2. The van der Waals surface area contributed by atoms with Crippen molar-refractivity contribution in [3.63, 3.8) is 0 Å². The highest BCUT2D eigenvalue weighted by Gasteiger charge is 2.42. The quantitative estimate of drug-likeness (QED) is 0.769. The van der Waals surface area contributed by atoms with Gasteiger partial charge >= 0.3 is 0 Å². The zero-order valence-corrected chi connectivity index (χ0v) is 11.6. The predicted octanol–water partition coefficient (Wildman–Crippen LogP) is 2.02. The van der Waals surface area contributed by atoms with Gasteiger partial charge in [-0.05, 0) is 45.6 Å². The van der Waals surface area contributed by atoms with E-state index in [9.17, 15) is 0 Å². The second-order valence-corrected chi connectivity index (χ2v) is 5.69. The molecule has 3 nitrogen and oxygen atoms in total. The number of nitrogens with zero attached hydrogens (tertiary/aromatic N) is 1. The van der Waals surface area contributed by atoms with Crippen molar-refractivity contribution in [3.05, 3.63) is 0 Å². The molecule has 0 amide bonds. The summed E-state index contributed by atoms with van der Waals surface area (Å²) in [4.78, 5) is 2.78. The Bertz CT molecular complexity index is 220. The lowest BCUT2D eigenvalue weighted by Gasteiger charge is -2.42. The molecule has 3 unspecified atom stereocenters. The highest BCUT2D eigenvalue weighted by molar-refractivity contribution is 4.99. The molecule has 0 aliphatic carbocycles. The van der Waals surface area contributed by atoms with Gasteiger partial charge < -0.3 is 10.1 Å². The van der Waals surface area contributed by atoms with Gasteiger partial charge in [0.25, 0.3) is 0 Å². The van der Waals surface area contributed by atoms with Crippen molar-refractivity contribution in [2.45, 2.75) is 70.1 Å². The Morgan fingerprint density at radius 2 is 1.94 bits per heavy atom. The Morgan fingerprint density at radius 1 is 1.29 bits per heavy atom. The van der Waals surface area contributed by atoms with Crippen molar-refractivity contribution in [3.8, 4) is 0 Å². The molecule has 2 heterocycles.